The molecule has 1 aliphatic carbocycles. The van der Waals surface area contributed by atoms with Gasteiger partial charge in [0.05, 0.1) is 0 Å². The molecule has 1 aromatic carbocycles. The number of carbonyl (C=O) groups excluding carboxylic acids is 1. The van der Waals surface area contributed by atoms with Gasteiger partial charge in [-0.3, -0.25) is 4.79 Å². The fraction of sp³-hybridized carbons (Fsp3) is 0.720. The fourth-order valence-electron chi connectivity index (χ4n) is 4.70. The maximum atomic E-state index is 14.2. The van der Waals surface area contributed by atoms with Crippen LogP contribution in [0.15, 0.2) is 24.3 Å². The molecule has 0 heterocycles. The molecule has 0 atom stereocenters. The van der Waals surface area contributed by atoms with Crippen LogP contribution in [0.5, 0.6) is 0 Å². The van der Waals surface area contributed by atoms with E-state index in [1.54, 1.807) is 0 Å². The van der Waals surface area contributed by atoms with Gasteiger partial charge in [0.15, 0.2) is 0 Å². The molecule has 0 bridgehead atoms. The third-order valence-corrected chi connectivity index (χ3v) is 7.33. The summed E-state index contributed by atoms with van der Waals surface area (Å²) in [5, 5.41) is 0. The molecule has 16 heteroatoms. The number of alkyl halides is 15. The molecule has 0 spiro atoms. The lowest BCUT2D eigenvalue weighted by molar-refractivity contribution is -0.449. The van der Waals surface area contributed by atoms with Crippen molar-refractivity contribution >= 4 is 5.78 Å². The first-order valence-electron chi connectivity index (χ1n) is 12.4. The molecule has 0 unspecified atom stereocenters. The summed E-state index contributed by atoms with van der Waals surface area (Å²) in [7, 11) is 0. The number of halogens is 15. The molecule has 41 heavy (non-hydrogen) atoms. The number of ketones is 1. The molecule has 0 saturated heterocycles. The highest BCUT2D eigenvalue weighted by Crippen LogP contribution is 2.62. The molecule has 2 rings (SSSR count). The van der Waals surface area contributed by atoms with Crippen LogP contribution in [0.4, 0.5) is 65.9 Å². The van der Waals surface area contributed by atoms with Crippen LogP contribution in [0.2, 0.25) is 0 Å². The summed E-state index contributed by atoms with van der Waals surface area (Å²) in [6.07, 6.45) is -0.707. The Balaban J connectivity index is 2.24. The van der Waals surface area contributed by atoms with Crippen LogP contribution < -0.4 is 0 Å². The molecule has 0 aromatic heterocycles. The molecule has 1 aromatic rings. The predicted molar refractivity (Wildman–Crippen MR) is 115 cm³/mol. The Morgan fingerprint density at radius 3 is 1.41 bits per heavy atom. The van der Waals surface area contributed by atoms with Gasteiger partial charge in [-0.15, -0.1) is 0 Å². The standard InChI is InChI=1S/C25H25F15O/c1-2-3-14-4-6-15(7-5-14)8-9-16-10-12-17(13-11-16)18(41)19(26,27)20(28,29)21(30,31)22(32,33)23(34,35)24(36,37)25(38,39)40/h10-15H,2-9H2,1H3. The van der Waals surface area contributed by atoms with E-state index in [1.807, 2.05) is 0 Å². The van der Waals surface area contributed by atoms with Crippen LogP contribution in [0.3, 0.4) is 0 Å². The fourth-order valence-corrected chi connectivity index (χ4v) is 4.70. The van der Waals surface area contributed by atoms with Gasteiger partial charge >= 0.3 is 41.7 Å². The number of Topliss-reactive ketones (excluding diaryl/α,β-unsaturated/α-hetero) is 1. The van der Waals surface area contributed by atoms with Crippen LogP contribution in [-0.4, -0.2) is 47.5 Å². The number of rotatable bonds is 12. The first-order chi connectivity index (χ1) is 18.4. The third kappa shape index (κ3) is 6.02. The number of hydrogen-bond donors (Lipinski definition) is 0. The monoisotopic (exact) mass is 626 g/mol. The molecule has 0 aliphatic heterocycles. The van der Waals surface area contributed by atoms with Crippen LogP contribution >= 0.6 is 0 Å². The van der Waals surface area contributed by atoms with Crippen molar-refractivity contribution in [1.82, 2.24) is 0 Å². The Kier molecular flexibility index (Phi) is 9.82. The first-order valence-corrected chi connectivity index (χ1v) is 12.4. The largest absolute Gasteiger partial charge is 0.460 e. The molecule has 1 aliphatic rings. The Morgan fingerprint density at radius 1 is 0.610 bits per heavy atom. The highest BCUT2D eigenvalue weighted by atomic mass is 19.4. The molecular weight excluding hydrogens is 601 g/mol. The minimum atomic E-state index is -8.42. The van der Waals surface area contributed by atoms with Gasteiger partial charge in [-0.1, -0.05) is 69.7 Å². The van der Waals surface area contributed by atoms with Gasteiger partial charge < -0.3 is 0 Å². The summed E-state index contributed by atoms with van der Waals surface area (Å²) in [5.74, 6) is -50.3. The van der Waals surface area contributed by atoms with E-state index < -0.39 is 53.1 Å². The minimum Gasteiger partial charge on any atom is -0.287 e. The van der Waals surface area contributed by atoms with E-state index in [9.17, 15) is 70.7 Å². The summed E-state index contributed by atoms with van der Waals surface area (Å²) in [6.45, 7) is 2.07. The SMILES string of the molecule is CCCC1CCC(CCc2ccc(C(=O)C(F)(F)C(F)(F)C(F)(F)C(F)(F)C(F)(F)C(F)(F)C(F)(F)F)cc2)CC1. The van der Waals surface area contributed by atoms with Crippen molar-refractivity contribution in [3.63, 3.8) is 0 Å². The predicted octanol–water partition coefficient (Wildman–Crippen LogP) is 9.78. The van der Waals surface area contributed by atoms with Crippen molar-refractivity contribution in [2.75, 3.05) is 0 Å². The highest BCUT2D eigenvalue weighted by molar-refractivity contribution is 6.02. The topological polar surface area (TPSA) is 17.1 Å². The van der Waals surface area contributed by atoms with Gasteiger partial charge in [0.25, 0.3) is 0 Å². The van der Waals surface area contributed by atoms with Crippen LogP contribution in [0.25, 0.3) is 0 Å². The summed E-state index contributed by atoms with van der Waals surface area (Å²) in [6, 6.07) is 2.83. The zero-order valence-electron chi connectivity index (χ0n) is 21.2. The smallest absolute Gasteiger partial charge is 0.287 e. The highest BCUT2D eigenvalue weighted by Gasteiger charge is 2.93. The second-order valence-electron chi connectivity index (χ2n) is 10.2. The molecule has 236 valence electrons. The second kappa shape index (κ2) is 11.5. The average Bonchev–Trinajstić information content (AvgIpc) is 2.87. The first kappa shape index (κ1) is 35.0. The normalized spacial score (nSPS) is 20.3. The Labute approximate surface area is 224 Å². The summed E-state index contributed by atoms with van der Waals surface area (Å²) in [5.41, 5.74) is -1.08. The minimum absolute atomic E-state index is 0.319. The van der Waals surface area contributed by atoms with Crippen molar-refractivity contribution in [3.8, 4) is 0 Å². The van der Waals surface area contributed by atoms with Gasteiger partial charge in [0.1, 0.15) is 0 Å². The second-order valence-corrected chi connectivity index (χ2v) is 10.2. The molecule has 0 amide bonds. The van der Waals surface area contributed by atoms with Crippen LogP contribution in [0.1, 0.15) is 67.8 Å². The van der Waals surface area contributed by atoms with E-state index in [2.05, 4.69) is 6.92 Å². The molecule has 0 radical (unpaired) electrons. The van der Waals surface area contributed by atoms with Crippen molar-refractivity contribution in [1.29, 1.82) is 0 Å². The summed E-state index contributed by atoms with van der Waals surface area (Å²) < 4.78 is 201. The third-order valence-electron chi connectivity index (χ3n) is 7.33. The van der Waals surface area contributed by atoms with E-state index in [4.69, 9.17) is 0 Å². The van der Waals surface area contributed by atoms with Crippen molar-refractivity contribution in [2.45, 2.75) is 100 Å². The van der Waals surface area contributed by atoms with Gasteiger partial charge in [-0.2, -0.15) is 65.9 Å². The van der Waals surface area contributed by atoms with E-state index in [-0.39, 0.29) is 0 Å². The zero-order chi connectivity index (χ0) is 31.9. The van der Waals surface area contributed by atoms with Crippen LogP contribution in [0, 0.1) is 11.8 Å². The van der Waals surface area contributed by atoms with Gasteiger partial charge in [0.2, 0.25) is 5.78 Å². The lowest BCUT2D eigenvalue weighted by atomic mass is 9.78. The average molecular weight is 626 g/mol. The molecule has 1 fully saturated rings. The number of benzene rings is 1. The van der Waals surface area contributed by atoms with Crippen molar-refractivity contribution < 1.29 is 70.7 Å². The van der Waals surface area contributed by atoms with Gasteiger partial charge in [-0.05, 0) is 30.2 Å². The van der Waals surface area contributed by atoms with Crippen LogP contribution in [-0.2, 0) is 6.42 Å². The lowest BCUT2D eigenvalue weighted by Crippen LogP contribution is -2.73. The zero-order valence-corrected chi connectivity index (χ0v) is 21.2. The van der Waals surface area contributed by atoms with E-state index in [1.165, 1.54) is 0 Å². The summed E-state index contributed by atoms with van der Waals surface area (Å²) in [4.78, 5) is 12.0. The van der Waals surface area contributed by atoms with E-state index in [0.717, 1.165) is 50.7 Å². The number of carbonyl (C=O) groups is 1. The maximum absolute atomic E-state index is 14.2. The molecule has 1 nitrogen and oxygen atoms in total. The van der Waals surface area contributed by atoms with Crippen molar-refractivity contribution in [3.05, 3.63) is 35.4 Å². The lowest BCUT2D eigenvalue weighted by Gasteiger charge is -2.41. The van der Waals surface area contributed by atoms with E-state index >= 15 is 0 Å². The molecule has 1 saturated carbocycles. The maximum Gasteiger partial charge on any atom is 0.460 e. The van der Waals surface area contributed by atoms with Gasteiger partial charge in [-0.25, -0.2) is 0 Å². The Morgan fingerprint density at radius 2 is 1.00 bits per heavy atom. The molecule has 0 N–H and O–H groups in total. The number of hydrogen-bond acceptors (Lipinski definition) is 1. The van der Waals surface area contributed by atoms with Gasteiger partial charge in [0, 0.05) is 5.56 Å². The summed E-state index contributed by atoms with van der Waals surface area (Å²) >= 11 is 0. The van der Waals surface area contributed by atoms with E-state index in [0.29, 0.717) is 42.4 Å². The Hall–Kier alpha value is -2.16. The number of aryl methyl sites for hydroxylation is 1. The quantitative estimate of drug-likeness (QED) is 0.167. The molecular formula is C25H25F15O. The Bertz CT molecular complexity index is 1040. The van der Waals surface area contributed by atoms with Crippen molar-refractivity contribution in [2.24, 2.45) is 11.8 Å².